The van der Waals surface area contributed by atoms with Gasteiger partial charge in [0.15, 0.2) is 0 Å². The van der Waals surface area contributed by atoms with Gasteiger partial charge in [0.25, 0.3) is 0 Å². The van der Waals surface area contributed by atoms with Crippen molar-refractivity contribution < 1.29 is 8.42 Å². The van der Waals surface area contributed by atoms with Crippen LogP contribution >= 0.6 is 0 Å². The second kappa shape index (κ2) is 4.06. The summed E-state index contributed by atoms with van der Waals surface area (Å²) in [6, 6.07) is 0.0657. The zero-order valence-electron chi connectivity index (χ0n) is 7.66. The molecule has 1 rings (SSSR count). The monoisotopic (exact) mass is 205 g/mol. The maximum atomic E-state index is 10.9. The van der Waals surface area contributed by atoms with Gasteiger partial charge in [-0.05, 0) is 25.9 Å². The molecule has 1 aliphatic rings. The standard InChI is InChI=1S/C7H15N3O2S/c1-13(11,12)7(8)10-6-2-4-9-5-3-6/h6,9H,2-5H2,1H3,(H2,8,10). The molecule has 6 heteroatoms. The minimum absolute atomic E-state index is 0.0657. The topological polar surface area (TPSA) is 84.5 Å². The lowest BCUT2D eigenvalue weighted by atomic mass is 10.1. The van der Waals surface area contributed by atoms with Gasteiger partial charge in [0, 0.05) is 6.26 Å². The number of sulfone groups is 1. The van der Waals surface area contributed by atoms with E-state index in [-0.39, 0.29) is 11.2 Å². The number of nitrogens with one attached hydrogen (secondary N) is 1. The van der Waals surface area contributed by atoms with E-state index in [2.05, 4.69) is 10.3 Å². The Morgan fingerprint density at radius 1 is 1.46 bits per heavy atom. The fraction of sp³-hybridized carbons (Fsp3) is 0.857. The average molecular weight is 205 g/mol. The lowest BCUT2D eigenvalue weighted by Crippen LogP contribution is -2.33. The van der Waals surface area contributed by atoms with E-state index in [0.29, 0.717) is 0 Å². The first-order chi connectivity index (χ1) is 6.00. The highest BCUT2D eigenvalue weighted by Crippen LogP contribution is 2.07. The molecule has 0 atom stereocenters. The summed E-state index contributed by atoms with van der Waals surface area (Å²) in [6.07, 6.45) is 2.79. The predicted octanol–water partition coefficient (Wildman–Crippen LogP) is -0.902. The molecule has 0 amide bonds. The van der Waals surface area contributed by atoms with Crippen LogP contribution in [0.1, 0.15) is 12.8 Å². The Labute approximate surface area is 78.3 Å². The predicted molar refractivity (Wildman–Crippen MR) is 52.4 cm³/mol. The summed E-state index contributed by atoms with van der Waals surface area (Å²) in [5.74, 6) is 0. The normalized spacial score (nSPS) is 21.8. The van der Waals surface area contributed by atoms with Gasteiger partial charge in [-0.25, -0.2) is 8.42 Å². The number of hydrogen-bond donors (Lipinski definition) is 2. The number of nitrogens with zero attached hydrogens (tertiary/aromatic N) is 1. The van der Waals surface area contributed by atoms with Crippen molar-refractivity contribution in [3.8, 4) is 0 Å². The van der Waals surface area contributed by atoms with Crippen molar-refractivity contribution in [3.05, 3.63) is 0 Å². The Hall–Kier alpha value is -0.620. The molecule has 0 aromatic heterocycles. The molecule has 0 radical (unpaired) electrons. The molecule has 1 heterocycles. The molecule has 0 aromatic rings. The first kappa shape index (κ1) is 10.5. The lowest BCUT2D eigenvalue weighted by Gasteiger charge is -2.19. The second-order valence-corrected chi connectivity index (χ2v) is 5.18. The van der Waals surface area contributed by atoms with Crippen LogP contribution in [0, 0.1) is 0 Å². The highest BCUT2D eigenvalue weighted by Gasteiger charge is 2.15. The van der Waals surface area contributed by atoms with Crippen LogP contribution in [0.5, 0.6) is 0 Å². The Morgan fingerprint density at radius 2 is 2.00 bits per heavy atom. The van der Waals surface area contributed by atoms with Gasteiger partial charge in [-0.1, -0.05) is 0 Å². The summed E-state index contributed by atoms with van der Waals surface area (Å²) in [5.41, 5.74) is 5.32. The molecule has 0 unspecified atom stereocenters. The third-order valence-electron chi connectivity index (χ3n) is 2.00. The fourth-order valence-corrected chi connectivity index (χ4v) is 1.55. The Morgan fingerprint density at radius 3 is 2.46 bits per heavy atom. The van der Waals surface area contributed by atoms with Crippen molar-refractivity contribution >= 4 is 15.0 Å². The van der Waals surface area contributed by atoms with Crippen LogP contribution in [0.2, 0.25) is 0 Å². The van der Waals surface area contributed by atoms with Crippen molar-refractivity contribution in [3.63, 3.8) is 0 Å². The maximum Gasteiger partial charge on any atom is 0.213 e. The molecular weight excluding hydrogens is 190 g/mol. The fourth-order valence-electron chi connectivity index (χ4n) is 1.21. The van der Waals surface area contributed by atoms with E-state index >= 15 is 0 Å². The van der Waals surface area contributed by atoms with E-state index in [1.165, 1.54) is 0 Å². The van der Waals surface area contributed by atoms with E-state index in [0.717, 1.165) is 32.2 Å². The van der Waals surface area contributed by atoms with E-state index in [9.17, 15) is 8.42 Å². The third-order valence-corrected chi connectivity index (χ3v) is 2.86. The summed E-state index contributed by atoms with van der Waals surface area (Å²) in [4.78, 5) is 3.97. The summed E-state index contributed by atoms with van der Waals surface area (Å²) < 4.78 is 21.9. The van der Waals surface area contributed by atoms with Crippen LogP contribution in [-0.4, -0.2) is 39.0 Å². The largest absolute Gasteiger partial charge is 0.374 e. The first-order valence-corrected chi connectivity index (χ1v) is 6.13. The van der Waals surface area contributed by atoms with E-state index in [1.807, 2.05) is 0 Å². The van der Waals surface area contributed by atoms with Crippen molar-refractivity contribution in [1.29, 1.82) is 0 Å². The highest BCUT2D eigenvalue weighted by molar-refractivity contribution is 8.05. The van der Waals surface area contributed by atoms with Gasteiger partial charge in [0.05, 0.1) is 6.04 Å². The molecule has 0 aliphatic carbocycles. The molecule has 1 fully saturated rings. The van der Waals surface area contributed by atoms with Crippen molar-refractivity contribution in [1.82, 2.24) is 5.32 Å². The number of amidine groups is 1. The number of piperidine rings is 1. The van der Waals surface area contributed by atoms with E-state index in [1.54, 1.807) is 0 Å². The van der Waals surface area contributed by atoms with Crippen molar-refractivity contribution in [2.75, 3.05) is 19.3 Å². The Bertz CT molecular complexity index is 291. The van der Waals surface area contributed by atoms with Crippen LogP contribution < -0.4 is 11.1 Å². The van der Waals surface area contributed by atoms with Gasteiger partial charge in [0.2, 0.25) is 15.0 Å². The van der Waals surface area contributed by atoms with Crippen LogP contribution in [0.25, 0.3) is 0 Å². The van der Waals surface area contributed by atoms with Gasteiger partial charge < -0.3 is 11.1 Å². The zero-order valence-corrected chi connectivity index (χ0v) is 8.47. The summed E-state index contributed by atoms with van der Waals surface area (Å²) in [6.45, 7) is 1.76. The molecule has 0 spiro atoms. The van der Waals surface area contributed by atoms with Crippen LogP contribution in [0.3, 0.4) is 0 Å². The molecule has 0 bridgehead atoms. The molecular formula is C7H15N3O2S. The molecule has 76 valence electrons. The van der Waals surface area contributed by atoms with Gasteiger partial charge in [-0.3, -0.25) is 4.99 Å². The van der Waals surface area contributed by atoms with Gasteiger partial charge in [0.1, 0.15) is 0 Å². The van der Waals surface area contributed by atoms with Crippen molar-refractivity contribution in [2.45, 2.75) is 18.9 Å². The van der Waals surface area contributed by atoms with Gasteiger partial charge in [-0.2, -0.15) is 0 Å². The molecule has 1 aliphatic heterocycles. The number of nitrogens with two attached hydrogens (primary N) is 1. The first-order valence-electron chi connectivity index (χ1n) is 4.24. The Kier molecular flexibility index (Phi) is 3.27. The average Bonchev–Trinajstić information content (AvgIpc) is 2.04. The van der Waals surface area contributed by atoms with Crippen LogP contribution in [0.15, 0.2) is 4.99 Å². The highest BCUT2D eigenvalue weighted by atomic mass is 32.2. The summed E-state index contributed by atoms with van der Waals surface area (Å²) in [7, 11) is -3.29. The van der Waals surface area contributed by atoms with E-state index in [4.69, 9.17) is 5.73 Å². The van der Waals surface area contributed by atoms with Crippen LogP contribution in [0.4, 0.5) is 0 Å². The summed E-state index contributed by atoms with van der Waals surface area (Å²) in [5, 5.41) is 2.93. The zero-order chi connectivity index (χ0) is 9.90. The van der Waals surface area contributed by atoms with E-state index < -0.39 is 9.84 Å². The molecule has 1 saturated heterocycles. The maximum absolute atomic E-state index is 10.9. The minimum Gasteiger partial charge on any atom is -0.374 e. The quantitative estimate of drug-likeness (QED) is 0.429. The molecule has 3 N–H and O–H groups in total. The van der Waals surface area contributed by atoms with Gasteiger partial charge in [-0.15, -0.1) is 0 Å². The lowest BCUT2D eigenvalue weighted by molar-refractivity contribution is 0.460. The number of rotatable bonds is 1. The van der Waals surface area contributed by atoms with Gasteiger partial charge >= 0.3 is 0 Å². The second-order valence-electron chi connectivity index (χ2n) is 3.22. The number of aliphatic imine (C=N–C) groups is 1. The molecule has 0 saturated carbocycles. The smallest absolute Gasteiger partial charge is 0.213 e. The molecule has 0 aromatic carbocycles. The number of hydrogen-bond acceptors (Lipinski definition) is 4. The van der Waals surface area contributed by atoms with Crippen molar-refractivity contribution in [2.24, 2.45) is 10.7 Å². The summed E-state index contributed by atoms with van der Waals surface area (Å²) >= 11 is 0. The SMILES string of the molecule is CS(=O)(=O)/C(N)=N/C1CCNCC1. The molecule has 13 heavy (non-hydrogen) atoms. The minimum atomic E-state index is -3.29. The van der Waals surface area contributed by atoms with Crippen LogP contribution in [-0.2, 0) is 9.84 Å². The molecule has 5 nitrogen and oxygen atoms in total. The Balaban J connectivity index is 2.63. The third kappa shape index (κ3) is 3.31.